The molecule has 0 radical (unpaired) electrons. The lowest BCUT2D eigenvalue weighted by Gasteiger charge is -2.46. The topological polar surface area (TPSA) is 61.8 Å². The van der Waals surface area contributed by atoms with E-state index < -0.39 is 0 Å². The van der Waals surface area contributed by atoms with Crippen LogP contribution in [-0.2, 0) is 9.53 Å². The summed E-state index contributed by atoms with van der Waals surface area (Å²) in [5.74, 6) is 0.419. The Balaban J connectivity index is 1.84. The Bertz CT molecular complexity index is 528. The molecule has 2 aliphatic rings. The number of nitrogens with zero attached hydrogens (tertiary/aromatic N) is 1. The number of benzene rings is 1. The molecule has 5 heteroatoms. The van der Waals surface area contributed by atoms with Gasteiger partial charge < -0.3 is 20.1 Å². The number of nitrogens with one attached hydrogen (secondary N) is 1. The van der Waals surface area contributed by atoms with Crippen molar-refractivity contribution >= 4 is 11.6 Å². The van der Waals surface area contributed by atoms with Crippen LogP contribution < -0.4 is 10.2 Å². The van der Waals surface area contributed by atoms with Crippen molar-refractivity contribution in [2.75, 3.05) is 31.1 Å². The van der Waals surface area contributed by atoms with E-state index in [4.69, 9.17) is 4.74 Å². The third-order valence-corrected chi connectivity index (χ3v) is 4.63. The first-order chi connectivity index (χ1) is 10.1. The van der Waals surface area contributed by atoms with Gasteiger partial charge in [0, 0.05) is 12.5 Å². The van der Waals surface area contributed by atoms with Crippen molar-refractivity contribution < 1.29 is 14.6 Å². The maximum atomic E-state index is 12.2. The molecule has 0 saturated carbocycles. The summed E-state index contributed by atoms with van der Waals surface area (Å²) < 4.78 is 5.90. The van der Waals surface area contributed by atoms with E-state index >= 15 is 0 Å². The minimum absolute atomic E-state index is 0.0708. The molecule has 0 spiro atoms. The molecule has 1 amide bonds. The molecule has 2 saturated heterocycles. The number of phenolic OH excluding ortho intramolecular Hbond substituents is 1. The molecular formula is C16H22N2O3. The quantitative estimate of drug-likeness (QED) is 0.867. The lowest BCUT2D eigenvalue weighted by atomic mass is 9.82. The smallest absolute Gasteiger partial charge is 0.253 e. The van der Waals surface area contributed by atoms with Crippen molar-refractivity contribution in [3.8, 4) is 5.75 Å². The standard InChI is InChI=1S/C16H22N2O3/c1-16(12-5-4-8-17-9-12)11-18(15(20)10-21-16)13-6-2-3-7-14(13)19/h2-3,6-7,12,17,19H,4-5,8-11H2,1H3. The number of para-hydroxylation sites is 2. The maximum Gasteiger partial charge on any atom is 0.253 e. The second-order valence-electron chi connectivity index (χ2n) is 6.11. The summed E-state index contributed by atoms with van der Waals surface area (Å²) in [7, 11) is 0. The second-order valence-corrected chi connectivity index (χ2v) is 6.11. The van der Waals surface area contributed by atoms with Crippen molar-refractivity contribution in [1.82, 2.24) is 5.32 Å². The van der Waals surface area contributed by atoms with Crippen LogP contribution in [0.3, 0.4) is 0 Å². The van der Waals surface area contributed by atoms with Crippen LogP contribution in [0.25, 0.3) is 0 Å². The first-order valence-electron chi connectivity index (χ1n) is 7.53. The van der Waals surface area contributed by atoms with Crippen molar-refractivity contribution in [2.24, 2.45) is 5.92 Å². The van der Waals surface area contributed by atoms with Crippen LogP contribution >= 0.6 is 0 Å². The van der Waals surface area contributed by atoms with Gasteiger partial charge in [-0.15, -0.1) is 0 Å². The van der Waals surface area contributed by atoms with Gasteiger partial charge in [0.25, 0.3) is 5.91 Å². The molecule has 2 unspecified atom stereocenters. The van der Waals surface area contributed by atoms with Crippen LogP contribution in [0.5, 0.6) is 5.75 Å². The number of phenols is 1. The number of amides is 1. The van der Waals surface area contributed by atoms with Crippen molar-refractivity contribution in [2.45, 2.75) is 25.4 Å². The zero-order valence-corrected chi connectivity index (χ0v) is 12.3. The molecule has 5 nitrogen and oxygen atoms in total. The van der Waals surface area contributed by atoms with Gasteiger partial charge in [0.1, 0.15) is 12.4 Å². The van der Waals surface area contributed by atoms with Gasteiger partial charge in [0.15, 0.2) is 0 Å². The molecule has 2 fully saturated rings. The minimum Gasteiger partial charge on any atom is -0.506 e. The Morgan fingerprint density at radius 2 is 2.24 bits per heavy atom. The number of carbonyl (C=O) groups excluding carboxylic acids is 1. The van der Waals surface area contributed by atoms with Crippen LogP contribution in [0.1, 0.15) is 19.8 Å². The first-order valence-corrected chi connectivity index (χ1v) is 7.53. The minimum atomic E-state index is -0.371. The molecule has 21 heavy (non-hydrogen) atoms. The van der Waals surface area contributed by atoms with Crippen LogP contribution in [0.15, 0.2) is 24.3 Å². The molecule has 0 aliphatic carbocycles. The number of anilines is 1. The number of hydrogen-bond acceptors (Lipinski definition) is 4. The fraction of sp³-hybridized carbons (Fsp3) is 0.562. The van der Waals surface area contributed by atoms with Gasteiger partial charge in [-0.05, 0) is 38.4 Å². The summed E-state index contributed by atoms with van der Waals surface area (Å²) in [5, 5.41) is 13.4. The summed E-state index contributed by atoms with van der Waals surface area (Å²) in [6.07, 6.45) is 2.24. The Kier molecular flexibility index (Phi) is 3.87. The fourth-order valence-corrected chi connectivity index (χ4v) is 3.28. The third kappa shape index (κ3) is 2.76. The summed E-state index contributed by atoms with van der Waals surface area (Å²) in [6, 6.07) is 6.97. The monoisotopic (exact) mass is 290 g/mol. The van der Waals surface area contributed by atoms with E-state index in [-0.39, 0.29) is 23.9 Å². The maximum absolute atomic E-state index is 12.2. The van der Waals surface area contributed by atoms with Crippen molar-refractivity contribution in [3.63, 3.8) is 0 Å². The van der Waals surface area contributed by atoms with Gasteiger partial charge in [-0.1, -0.05) is 12.1 Å². The highest BCUT2D eigenvalue weighted by Crippen LogP contribution is 2.35. The van der Waals surface area contributed by atoms with E-state index in [1.165, 1.54) is 0 Å². The molecular weight excluding hydrogens is 268 g/mol. The lowest BCUT2D eigenvalue weighted by Crippen LogP contribution is -2.59. The van der Waals surface area contributed by atoms with Crippen LogP contribution in [0.2, 0.25) is 0 Å². The molecule has 1 aromatic carbocycles. The van der Waals surface area contributed by atoms with E-state index in [2.05, 4.69) is 12.2 Å². The van der Waals surface area contributed by atoms with Crippen molar-refractivity contribution in [1.29, 1.82) is 0 Å². The SMILES string of the molecule is CC1(C2CCCNC2)CN(c2ccccc2O)C(=O)CO1. The van der Waals surface area contributed by atoms with Gasteiger partial charge in [-0.2, -0.15) is 0 Å². The average Bonchev–Trinajstić information content (AvgIpc) is 2.52. The number of morpholine rings is 1. The molecule has 2 aliphatic heterocycles. The number of ether oxygens (including phenoxy) is 1. The predicted molar refractivity (Wildman–Crippen MR) is 80.4 cm³/mol. The molecule has 114 valence electrons. The molecule has 2 atom stereocenters. The summed E-state index contributed by atoms with van der Waals surface area (Å²) in [4.78, 5) is 13.9. The number of hydrogen-bond donors (Lipinski definition) is 2. The third-order valence-electron chi connectivity index (χ3n) is 4.63. The Hall–Kier alpha value is -1.59. The van der Waals surface area contributed by atoms with Gasteiger partial charge >= 0.3 is 0 Å². The van der Waals surface area contributed by atoms with Crippen LogP contribution in [0.4, 0.5) is 5.69 Å². The number of piperidine rings is 1. The molecule has 2 heterocycles. The first kappa shape index (κ1) is 14.4. The molecule has 0 bridgehead atoms. The largest absolute Gasteiger partial charge is 0.506 e. The zero-order valence-electron chi connectivity index (χ0n) is 12.3. The van der Waals surface area contributed by atoms with E-state index in [0.717, 1.165) is 25.9 Å². The van der Waals surface area contributed by atoms with Gasteiger partial charge in [-0.3, -0.25) is 4.79 Å². The highest BCUT2D eigenvalue weighted by Gasteiger charge is 2.43. The predicted octanol–water partition coefficient (Wildman–Crippen LogP) is 1.51. The van der Waals surface area contributed by atoms with Gasteiger partial charge in [0.2, 0.25) is 0 Å². The Morgan fingerprint density at radius 1 is 1.43 bits per heavy atom. The van der Waals surface area contributed by atoms with Gasteiger partial charge in [-0.25, -0.2) is 0 Å². The molecule has 2 N–H and O–H groups in total. The summed E-state index contributed by atoms with van der Waals surface area (Å²) in [5.41, 5.74) is 0.199. The molecule has 0 aromatic heterocycles. The molecule has 3 rings (SSSR count). The summed E-state index contributed by atoms with van der Waals surface area (Å²) >= 11 is 0. The molecule has 1 aromatic rings. The van der Waals surface area contributed by atoms with E-state index in [9.17, 15) is 9.90 Å². The Morgan fingerprint density at radius 3 is 2.95 bits per heavy atom. The normalized spacial score (nSPS) is 30.4. The number of carbonyl (C=O) groups is 1. The van der Waals surface area contributed by atoms with Crippen LogP contribution in [0, 0.1) is 5.92 Å². The second kappa shape index (κ2) is 5.66. The lowest BCUT2D eigenvalue weighted by molar-refractivity contribution is -0.144. The zero-order chi connectivity index (χ0) is 14.9. The van der Waals surface area contributed by atoms with Crippen molar-refractivity contribution in [3.05, 3.63) is 24.3 Å². The Labute approximate surface area is 124 Å². The number of rotatable bonds is 2. The van der Waals surface area contributed by atoms with Crippen LogP contribution in [-0.4, -0.2) is 42.9 Å². The average molecular weight is 290 g/mol. The fourth-order valence-electron chi connectivity index (χ4n) is 3.28. The highest BCUT2D eigenvalue weighted by atomic mass is 16.5. The van der Waals surface area contributed by atoms with E-state index in [1.54, 1.807) is 23.1 Å². The number of aromatic hydroxyl groups is 1. The summed E-state index contributed by atoms with van der Waals surface area (Å²) in [6.45, 7) is 4.59. The van der Waals surface area contributed by atoms with Gasteiger partial charge in [0.05, 0.1) is 17.8 Å². The highest BCUT2D eigenvalue weighted by molar-refractivity contribution is 5.96. The van der Waals surface area contributed by atoms with E-state index in [1.807, 2.05) is 6.07 Å². The van der Waals surface area contributed by atoms with E-state index in [0.29, 0.717) is 18.2 Å².